The zero-order valence-electron chi connectivity index (χ0n) is 10.8. The van der Waals surface area contributed by atoms with E-state index in [1.165, 1.54) is 7.05 Å². The Kier molecular flexibility index (Phi) is 4.30. The Labute approximate surface area is 115 Å². The summed E-state index contributed by atoms with van der Waals surface area (Å²) in [6.45, 7) is -0.254. The van der Waals surface area contributed by atoms with Gasteiger partial charge >= 0.3 is 0 Å². The quantitative estimate of drug-likeness (QED) is 0.859. The van der Waals surface area contributed by atoms with Crippen molar-refractivity contribution in [3.8, 4) is 5.75 Å². The van der Waals surface area contributed by atoms with Gasteiger partial charge in [-0.3, -0.25) is 4.79 Å². The minimum atomic E-state index is -0.665. The molecule has 2 rings (SSSR count). The number of likely N-dealkylation sites (N-methyl/N-ethyl adjacent to an activating group) is 1. The van der Waals surface area contributed by atoms with E-state index in [1.807, 2.05) is 6.07 Å². The molecule has 1 amide bonds. The summed E-state index contributed by atoms with van der Waals surface area (Å²) < 4.78 is 31.9. The molecular formula is C15H13F2NO2. The van der Waals surface area contributed by atoms with E-state index in [0.717, 1.165) is 23.1 Å². The predicted molar refractivity (Wildman–Crippen MR) is 71.7 cm³/mol. The van der Waals surface area contributed by atoms with Crippen molar-refractivity contribution in [2.75, 3.05) is 18.6 Å². The number of anilines is 1. The number of para-hydroxylation sites is 1. The second-order valence-electron chi connectivity index (χ2n) is 4.15. The average Bonchev–Trinajstić information content (AvgIpc) is 2.47. The second kappa shape index (κ2) is 6.14. The Morgan fingerprint density at radius 3 is 2.55 bits per heavy atom. The molecule has 0 aliphatic carbocycles. The zero-order valence-corrected chi connectivity index (χ0v) is 10.8. The van der Waals surface area contributed by atoms with E-state index in [4.69, 9.17) is 4.74 Å². The molecule has 0 saturated carbocycles. The summed E-state index contributed by atoms with van der Waals surface area (Å²) in [6.07, 6.45) is 0. The SMILES string of the molecule is CN(C(=O)COc1ccccc1)c1cc(F)ccc1F. The first kappa shape index (κ1) is 14.0. The van der Waals surface area contributed by atoms with Gasteiger partial charge < -0.3 is 9.64 Å². The highest BCUT2D eigenvalue weighted by molar-refractivity contribution is 5.94. The molecule has 0 heterocycles. The van der Waals surface area contributed by atoms with Gasteiger partial charge in [0.1, 0.15) is 17.4 Å². The van der Waals surface area contributed by atoms with Crippen LogP contribution in [0.15, 0.2) is 48.5 Å². The summed E-state index contributed by atoms with van der Waals surface area (Å²) in [6, 6.07) is 11.7. The van der Waals surface area contributed by atoms with Crippen molar-refractivity contribution in [1.82, 2.24) is 0 Å². The third-order valence-electron chi connectivity index (χ3n) is 2.75. The van der Waals surface area contributed by atoms with Crippen molar-refractivity contribution in [2.45, 2.75) is 0 Å². The number of hydrogen-bond acceptors (Lipinski definition) is 2. The van der Waals surface area contributed by atoms with E-state index < -0.39 is 17.5 Å². The van der Waals surface area contributed by atoms with Crippen LogP contribution >= 0.6 is 0 Å². The third-order valence-corrected chi connectivity index (χ3v) is 2.75. The van der Waals surface area contributed by atoms with E-state index in [0.29, 0.717) is 5.75 Å². The molecule has 0 unspecified atom stereocenters. The van der Waals surface area contributed by atoms with Crippen LogP contribution in [0, 0.1) is 11.6 Å². The van der Waals surface area contributed by atoms with Crippen molar-refractivity contribution in [2.24, 2.45) is 0 Å². The van der Waals surface area contributed by atoms with Crippen LogP contribution in [-0.4, -0.2) is 19.6 Å². The number of rotatable bonds is 4. The molecule has 0 fully saturated rings. The molecule has 0 N–H and O–H groups in total. The Bertz CT molecular complexity index is 602. The monoisotopic (exact) mass is 277 g/mol. The first-order chi connectivity index (χ1) is 9.58. The van der Waals surface area contributed by atoms with E-state index in [1.54, 1.807) is 24.3 Å². The molecule has 0 saturated heterocycles. The molecule has 104 valence electrons. The van der Waals surface area contributed by atoms with Crippen LogP contribution in [0.25, 0.3) is 0 Å². The normalized spacial score (nSPS) is 10.2. The minimum absolute atomic E-state index is 0.119. The van der Waals surface area contributed by atoms with Gasteiger partial charge in [0, 0.05) is 13.1 Å². The average molecular weight is 277 g/mol. The van der Waals surface area contributed by atoms with Crippen LogP contribution in [0.5, 0.6) is 5.75 Å². The number of nitrogens with zero attached hydrogens (tertiary/aromatic N) is 1. The fourth-order valence-electron chi connectivity index (χ4n) is 1.64. The van der Waals surface area contributed by atoms with E-state index >= 15 is 0 Å². The lowest BCUT2D eigenvalue weighted by atomic mass is 10.2. The Hall–Kier alpha value is -2.43. The fourth-order valence-corrected chi connectivity index (χ4v) is 1.64. The van der Waals surface area contributed by atoms with Crippen LogP contribution in [0.4, 0.5) is 14.5 Å². The summed E-state index contributed by atoms with van der Waals surface area (Å²) in [7, 11) is 1.37. The molecule has 2 aromatic rings. The maximum atomic E-state index is 13.5. The number of carbonyl (C=O) groups excluding carboxylic acids is 1. The standard InChI is InChI=1S/C15H13F2NO2/c1-18(14-9-11(16)7-8-13(14)17)15(19)10-20-12-5-3-2-4-6-12/h2-9H,10H2,1H3. The lowest BCUT2D eigenvalue weighted by Crippen LogP contribution is -2.32. The number of hydrogen-bond donors (Lipinski definition) is 0. The molecule has 3 nitrogen and oxygen atoms in total. The van der Waals surface area contributed by atoms with Gasteiger partial charge in [-0.25, -0.2) is 8.78 Å². The number of carbonyl (C=O) groups is 1. The molecule has 0 atom stereocenters. The van der Waals surface area contributed by atoms with Crippen LogP contribution in [0.1, 0.15) is 0 Å². The van der Waals surface area contributed by atoms with Gasteiger partial charge in [0.05, 0.1) is 5.69 Å². The van der Waals surface area contributed by atoms with E-state index in [-0.39, 0.29) is 12.3 Å². The van der Waals surface area contributed by atoms with E-state index in [2.05, 4.69) is 0 Å². The van der Waals surface area contributed by atoms with Crippen LogP contribution in [-0.2, 0) is 4.79 Å². The lowest BCUT2D eigenvalue weighted by Gasteiger charge is -2.18. The van der Waals surface area contributed by atoms with Crippen LogP contribution < -0.4 is 9.64 Å². The van der Waals surface area contributed by atoms with Gasteiger partial charge in [-0.2, -0.15) is 0 Å². The first-order valence-corrected chi connectivity index (χ1v) is 5.97. The van der Waals surface area contributed by atoms with Gasteiger partial charge in [-0.1, -0.05) is 18.2 Å². The first-order valence-electron chi connectivity index (χ1n) is 5.97. The van der Waals surface area contributed by atoms with Crippen molar-refractivity contribution < 1.29 is 18.3 Å². The van der Waals surface area contributed by atoms with E-state index in [9.17, 15) is 13.6 Å². The van der Waals surface area contributed by atoms with Crippen LogP contribution in [0.3, 0.4) is 0 Å². The lowest BCUT2D eigenvalue weighted by molar-refractivity contribution is -0.120. The summed E-state index contributed by atoms with van der Waals surface area (Å²) in [5, 5.41) is 0. The van der Waals surface area contributed by atoms with Gasteiger partial charge in [0.25, 0.3) is 5.91 Å². The maximum absolute atomic E-state index is 13.5. The number of benzene rings is 2. The Balaban J connectivity index is 2.03. The molecule has 0 aliphatic rings. The van der Waals surface area contributed by atoms with Crippen molar-refractivity contribution in [3.05, 3.63) is 60.2 Å². The highest BCUT2D eigenvalue weighted by Gasteiger charge is 2.16. The summed E-state index contributed by atoms with van der Waals surface area (Å²) in [5.74, 6) is -1.21. The second-order valence-corrected chi connectivity index (χ2v) is 4.15. The van der Waals surface area contributed by atoms with Gasteiger partial charge in [-0.05, 0) is 24.3 Å². The molecular weight excluding hydrogens is 264 g/mol. The molecule has 5 heteroatoms. The fraction of sp³-hybridized carbons (Fsp3) is 0.133. The van der Waals surface area contributed by atoms with Crippen molar-refractivity contribution in [1.29, 1.82) is 0 Å². The van der Waals surface area contributed by atoms with Crippen LogP contribution in [0.2, 0.25) is 0 Å². The highest BCUT2D eigenvalue weighted by atomic mass is 19.1. The number of ether oxygens (including phenoxy) is 1. The zero-order chi connectivity index (χ0) is 14.5. The number of amides is 1. The predicted octanol–water partition coefficient (Wildman–Crippen LogP) is 3.01. The molecule has 0 aromatic heterocycles. The Morgan fingerprint density at radius 1 is 1.15 bits per heavy atom. The smallest absolute Gasteiger partial charge is 0.264 e. The largest absolute Gasteiger partial charge is 0.484 e. The minimum Gasteiger partial charge on any atom is -0.484 e. The van der Waals surface area contributed by atoms with Crippen molar-refractivity contribution in [3.63, 3.8) is 0 Å². The topological polar surface area (TPSA) is 29.5 Å². The molecule has 0 spiro atoms. The molecule has 0 aliphatic heterocycles. The third kappa shape index (κ3) is 3.32. The summed E-state index contributed by atoms with van der Waals surface area (Å²) in [5.41, 5.74) is -0.119. The number of halogens is 2. The summed E-state index contributed by atoms with van der Waals surface area (Å²) in [4.78, 5) is 12.9. The summed E-state index contributed by atoms with van der Waals surface area (Å²) >= 11 is 0. The van der Waals surface area contributed by atoms with Gasteiger partial charge in [0.2, 0.25) is 0 Å². The van der Waals surface area contributed by atoms with Gasteiger partial charge in [0.15, 0.2) is 6.61 Å². The Morgan fingerprint density at radius 2 is 1.85 bits per heavy atom. The maximum Gasteiger partial charge on any atom is 0.264 e. The molecule has 2 aromatic carbocycles. The highest BCUT2D eigenvalue weighted by Crippen LogP contribution is 2.19. The van der Waals surface area contributed by atoms with Gasteiger partial charge in [-0.15, -0.1) is 0 Å². The van der Waals surface area contributed by atoms with Crippen molar-refractivity contribution >= 4 is 11.6 Å². The molecule has 0 radical (unpaired) electrons. The molecule has 20 heavy (non-hydrogen) atoms. The molecule has 0 bridgehead atoms.